The molecule has 68 valence electrons. The molecule has 0 spiro atoms. The minimum atomic E-state index is -3.81. The molecule has 0 aromatic rings. The first-order valence-corrected chi connectivity index (χ1v) is 4.80. The van der Waals surface area contributed by atoms with Crippen molar-refractivity contribution in [2.24, 2.45) is 0 Å². The highest BCUT2D eigenvalue weighted by molar-refractivity contribution is 8.00. The fourth-order valence-corrected chi connectivity index (χ4v) is 0.767. The molecule has 15 heavy (non-hydrogen) atoms. The van der Waals surface area contributed by atoms with E-state index < -0.39 is 9.84 Å². The van der Waals surface area contributed by atoms with Crippen molar-refractivity contribution in [3.8, 4) is 70.7 Å². The lowest BCUT2D eigenvalue weighted by molar-refractivity contribution is 0.615. The van der Waals surface area contributed by atoms with Crippen molar-refractivity contribution in [2.75, 3.05) is 0 Å². The van der Waals surface area contributed by atoms with Gasteiger partial charge in [0.05, 0.1) is 10.5 Å². The van der Waals surface area contributed by atoms with Gasteiger partial charge in [-0.2, -0.15) is 0 Å². The average molecular weight is 210 g/mol. The van der Waals surface area contributed by atoms with Crippen molar-refractivity contribution in [1.82, 2.24) is 0 Å². The highest BCUT2D eigenvalue weighted by Crippen LogP contribution is 1.80. The normalized spacial score (nSPS) is 6.27. The third kappa shape index (κ3) is 7.66. The molecule has 0 aromatic heterocycles. The molecular weight excluding hydrogens is 208 g/mol. The van der Waals surface area contributed by atoms with Gasteiger partial charge in [-0.15, -0.1) is 12.8 Å². The van der Waals surface area contributed by atoms with Crippen LogP contribution in [0.2, 0.25) is 0 Å². The Bertz CT molecular complexity index is 609. The fraction of sp³-hybridized carbons (Fsp3) is 0. The van der Waals surface area contributed by atoms with E-state index in [4.69, 9.17) is 12.8 Å². The summed E-state index contributed by atoms with van der Waals surface area (Å²) in [5.41, 5.74) is 0. The molecule has 0 aromatic carbocycles. The SMILES string of the molecule is C#CC#CC#CS(=O)(=O)C#CC#CC#C. The average Bonchev–Trinajstić information content (AvgIpc) is 2.20. The van der Waals surface area contributed by atoms with Crippen molar-refractivity contribution in [3.05, 3.63) is 0 Å². The summed E-state index contributed by atoms with van der Waals surface area (Å²) in [5, 5.41) is 3.66. The van der Waals surface area contributed by atoms with E-state index in [9.17, 15) is 8.42 Å². The number of rotatable bonds is 0. The van der Waals surface area contributed by atoms with Crippen molar-refractivity contribution < 1.29 is 8.42 Å². The van der Waals surface area contributed by atoms with Gasteiger partial charge in [-0.25, -0.2) is 8.42 Å². The number of hydrogen-bond donors (Lipinski definition) is 0. The van der Waals surface area contributed by atoms with Gasteiger partial charge in [0.1, 0.15) is 0 Å². The lowest BCUT2D eigenvalue weighted by Gasteiger charge is -1.73. The molecule has 2 nitrogen and oxygen atoms in total. The van der Waals surface area contributed by atoms with Crippen LogP contribution in [0.1, 0.15) is 0 Å². The van der Waals surface area contributed by atoms with Crippen molar-refractivity contribution in [1.29, 1.82) is 0 Å². The molecule has 0 rings (SSSR count). The topological polar surface area (TPSA) is 34.1 Å². The van der Waals surface area contributed by atoms with Crippen molar-refractivity contribution in [2.45, 2.75) is 0 Å². The largest absolute Gasteiger partial charge is 0.286 e. The Morgan fingerprint density at radius 2 is 1.07 bits per heavy atom. The first-order chi connectivity index (χ1) is 7.12. The summed E-state index contributed by atoms with van der Waals surface area (Å²) in [4.78, 5) is 0. The van der Waals surface area contributed by atoms with Crippen LogP contribution in [-0.2, 0) is 9.84 Å². The number of sulfone groups is 1. The van der Waals surface area contributed by atoms with Crippen LogP contribution >= 0.6 is 0 Å². The molecule has 0 heterocycles. The second kappa shape index (κ2) is 6.79. The first kappa shape index (κ1) is 12.3. The van der Waals surface area contributed by atoms with Gasteiger partial charge in [-0.3, -0.25) is 0 Å². The maximum atomic E-state index is 11.0. The standard InChI is InChI=1S/C12H2O2S/c1-3-5-7-9-11-15(13,14)12-10-8-6-4-2/h1-2H. The maximum Gasteiger partial charge on any atom is 0.286 e. The van der Waals surface area contributed by atoms with Gasteiger partial charge < -0.3 is 0 Å². The van der Waals surface area contributed by atoms with E-state index >= 15 is 0 Å². The molecule has 3 heteroatoms. The van der Waals surface area contributed by atoms with E-state index in [-0.39, 0.29) is 0 Å². The van der Waals surface area contributed by atoms with Crippen LogP contribution in [0.5, 0.6) is 0 Å². The van der Waals surface area contributed by atoms with Crippen LogP contribution in [0, 0.1) is 70.7 Å². The summed E-state index contributed by atoms with van der Waals surface area (Å²) in [6.07, 6.45) is 9.57. The second-order valence-electron chi connectivity index (χ2n) is 1.75. The van der Waals surface area contributed by atoms with Crippen LogP contribution in [0.3, 0.4) is 0 Å². The Hall–Kier alpha value is -2.69. The minimum Gasteiger partial charge on any atom is -0.202 e. The van der Waals surface area contributed by atoms with Gasteiger partial charge in [0.15, 0.2) is 0 Å². The molecule has 0 radical (unpaired) electrons. The summed E-state index contributed by atoms with van der Waals surface area (Å²) < 4.78 is 21.9. The molecule has 0 fully saturated rings. The Kier molecular flexibility index (Phi) is 5.57. The minimum absolute atomic E-state index is 1.83. The molecular formula is C12H2O2S. The summed E-state index contributed by atoms with van der Waals surface area (Å²) >= 11 is 0. The molecule has 0 saturated carbocycles. The molecule has 0 amide bonds. The quantitative estimate of drug-likeness (QED) is 0.402. The molecule has 0 atom stereocenters. The zero-order valence-electron chi connectivity index (χ0n) is 7.38. The Balaban J connectivity index is 4.87. The van der Waals surface area contributed by atoms with Gasteiger partial charge in [-0.1, -0.05) is 0 Å². The molecule has 0 unspecified atom stereocenters. The molecule has 0 saturated heterocycles. The van der Waals surface area contributed by atoms with Crippen molar-refractivity contribution >= 4 is 9.84 Å². The highest BCUT2D eigenvalue weighted by Gasteiger charge is 1.96. The summed E-state index contributed by atoms with van der Waals surface area (Å²) in [7, 11) is -3.81. The zero-order chi connectivity index (χ0) is 11.6. The van der Waals surface area contributed by atoms with Gasteiger partial charge in [0.25, 0.3) is 9.84 Å². The predicted molar refractivity (Wildman–Crippen MR) is 57.7 cm³/mol. The van der Waals surface area contributed by atoms with Gasteiger partial charge in [0, 0.05) is 23.7 Å². The third-order valence-electron chi connectivity index (χ3n) is 0.765. The summed E-state index contributed by atoms with van der Waals surface area (Å²) in [5.74, 6) is 16.5. The number of hydrogen-bond acceptors (Lipinski definition) is 2. The Morgan fingerprint density at radius 1 is 0.667 bits per heavy atom. The highest BCUT2D eigenvalue weighted by atomic mass is 32.2. The summed E-state index contributed by atoms with van der Waals surface area (Å²) in [6, 6.07) is 0. The van der Waals surface area contributed by atoms with E-state index in [1.165, 1.54) is 0 Å². The number of terminal acetylenes is 2. The van der Waals surface area contributed by atoms with Crippen LogP contribution in [-0.4, -0.2) is 8.42 Å². The van der Waals surface area contributed by atoms with Crippen molar-refractivity contribution in [3.63, 3.8) is 0 Å². The van der Waals surface area contributed by atoms with E-state index in [0.717, 1.165) is 0 Å². The molecule has 0 aliphatic carbocycles. The van der Waals surface area contributed by atoms with Crippen LogP contribution in [0.4, 0.5) is 0 Å². The Morgan fingerprint density at radius 3 is 1.40 bits per heavy atom. The van der Waals surface area contributed by atoms with E-state index in [2.05, 4.69) is 23.7 Å². The molecule has 0 N–H and O–H groups in total. The monoisotopic (exact) mass is 210 g/mol. The first-order valence-electron chi connectivity index (χ1n) is 3.32. The smallest absolute Gasteiger partial charge is 0.202 e. The lowest BCUT2D eigenvalue weighted by atomic mass is 10.6. The van der Waals surface area contributed by atoms with Gasteiger partial charge in [-0.05, 0) is 23.7 Å². The Labute approximate surface area is 89.4 Å². The van der Waals surface area contributed by atoms with Crippen LogP contribution in [0.25, 0.3) is 0 Å². The second-order valence-corrected chi connectivity index (χ2v) is 3.16. The summed E-state index contributed by atoms with van der Waals surface area (Å²) in [6.45, 7) is 0. The van der Waals surface area contributed by atoms with Gasteiger partial charge in [0.2, 0.25) is 0 Å². The lowest BCUT2D eigenvalue weighted by Crippen LogP contribution is -1.88. The maximum absolute atomic E-state index is 11.0. The molecule has 0 aliphatic rings. The predicted octanol–water partition coefficient (Wildman–Crippen LogP) is -0.404. The van der Waals surface area contributed by atoms with Gasteiger partial charge >= 0.3 is 0 Å². The fourth-order valence-electron chi connectivity index (χ4n) is 0.346. The van der Waals surface area contributed by atoms with Crippen LogP contribution in [0.15, 0.2) is 0 Å². The van der Waals surface area contributed by atoms with Crippen LogP contribution < -0.4 is 0 Å². The molecule has 0 bridgehead atoms. The van der Waals surface area contributed by atoms with E-state index in [1.807, 2.05) is 34.2 Å². The molecule has 0 aliphatic heterocycles. The zero-order valence-corrected chi connectivity index (χ0v) is 8.20. The van der Waals surface area contributed by atoms with E-state index in [1.54, 1.807) is 0 Å². The van der Waals surface area contributed by atoms with E-state index in [0.29, 0.717) is 0 Å². The third-order valence-corrected chi connectivity index (χ3v) is 1.51.